The van der Waals surface area contributed by atoms with Gasteiger partial charge in [-0.05, 0) is 49.9 Å². The second-order valence-corrected chi connectivity index (χ2v) is 6.84. The van der Waals surface area contributed by atoms with Crippen LogP contribution in [0, 0.1) is 12.8 Å². The Balaban J connectivity index is 3.72. The van der Waals surface area contributed by atoms with Crippen molar-refractivity contribution in [3.05, 3.63) is 34.4 Å². The zero-order valence-electron chi connectivity index (χ0n) is 17.0. The molecule has 0 saturated heterocycles. The van der Waals surface area contributed by atoms with E-state index >= 15 is 0 Å². The molecule has 0 saturated carbocycles. The first kappa shape index (κ1) is 22.7. The number of nitrogens with zero attached hydrogens (tertiary/aromatic N) is 2. The number of allylic oxidation sites excluding steroid dienone is 1. The van der Waals surface area contributed by atoms with Crippen LogP contribution in [0.3, 0.4) is 0 Å². The maximum atomic E-state index is 13.5. The molecule has 0 aliphatic carbocycles. The molecule has 0 heterocycles. The van der Waals surface area contributed by atoms with Crippen molar-refractivity contribution in [2.45, 2.75) is 47.2 Å². The smallest absolute Gasteiger partial charge is 0.388 e. The second-order valence-electron chi connectivity index (χ2n) is 6.84. The molecule has 1 rings (SSSR count). The highest BCUT2D eigenvalue weighted by Crippen LogP contribution is 2.36. The zero-order chi connectivity index (χ0) is 20.9. The van der Waals surface area contributed by atoms with E-state index in [4.69, 9.17) is 0 Å². The Morgan fingerprint density at radius 1 is 1.30 bits per heavy atom. The predicted molar refractivity (Wildman–Crippen MR) is 105 cm³/mol. The normalized spacial score (nSPS) is 13.5. The van der Waals surface area contributed by atoms with Gasteiger partial charge in [-0.15, -0.1) is 0 Å². The predicted octanol–water partition coefficient (Wildman–Crippen LogP) is 5.04. The number of aldehydes is 1. The Hall–Kier alpha value is -2.31. The summed E-state index contributed by atoms with van der Waals surface area (Å²) in [5.41, 5.74) is 2.49. The van der Waals surface area contributed by atoms with Gasteiger partial charge in [0.05, 0.1) is 11.3 Å². The topological polar surface area (TPSA) is 44.7 Å². The Morgan fingerprint density at radius 2 is 1.89 bits per heavy atom. The number of hydrazone groups is 1. The lowest BCUT2D eigenvalue weighted by Crippen LogP contribution is -2.21. The highest BCUT2D eigenvalue weighted by molar-refractivity contribution is 5.84. The summed E-state index contributed by atoms with van der Waals surface area (Å²) in [5.74, 6) is 0.110. The first-order valence-corrected chi connectivity index (χ1v) is 8.76. The Labute approximate surface area is 159 Å². The average molecular weight is 383 g/mol. The SMILES string of the molecule is CNc1c(C)cc(/C(=C(/C)C(F)(F)F)N(C)/N=C(\C)C(C)C)cc1CC=O. The van der Waals surface area contributed by atoms with Crippen molar-refractivity contribution in [1.82, 2.24) is 5.01 Å². The molecule has 0 amide bonds. The zero-order valence-corrected chi connectivity index (χ0v) is 17.0. The lowest BCUT2D eigenvalue weighted by atomic mass is 9.97. The van der Waals surface area contributed by atoms with Gasteiger partial charge in [0.1, 0.15) is 6.29 Å². The average Bonchev–Trinajstić information content (AvgIpc) is 2.54. The van der Waals surface area contributed by atoms with Gasteiger partial charge >= 0.3 is 6.18 Å². The molecule has 0 aliphatic rings. The van der Waals surface area contributed by atoms with Gasteiger partial charge in [0.2, 0.25) is 0 Å². The number of aryl methyl sites for hydroxylation is 1. The molecule has 150 valence electrons. The number of carbonyl (C=O) groups excluding carboxylic acids is 1. The van der Waals surface area contributed by atoms with E-state index in [1.54, 1.807) is 33.0 Å². The quantitative estimate of drug-likeness (QED) is 0.408. The number of halogens is 3. The molecule has 0 bridgehead atoms. The molecule has 1 aromatic rings. The molecule has 1 N–H and O–H groups in total. The molecule has 0 fully saturated rings. The van der Waals surface area contributed by atoms with Crippen molar-refractivity contribution in [3.8, 4) is 0 Å². The summed E-state index contributed by atoms with van der Waals surface area (Å²) in [6.45, 7) is 8.50. The van der Waals surface area contributed by atoms with Crippen molar-refractivity contribution in [1.29, 1.82) is 0 Å². The minimum Gasteiger partial charge on any atom is -0.388 e. The lowest BCUT2D eigenvalue weighted by molar-refractivity contribution is -0.107. The Morgan fingerprint density at radius 3 is 2.33 bits per heavy atom. The van der Waals surface area contributed by atoms with E-state index in [1.165, 1.54) is 12.1 Å². The molecular formula is C20H28F3N3O. The van der Waals surface area contributed by atoms with Crippen LogP contribution in [0.2, 0.25) is 0 Å². The molecule has 7 heteroatoms. The molecule has 4 nitrogen and oxygen atoms in total. The molecule has 0 radical (unpaired) electrons. The van der Waals surface area contributed by atoms with Crippen LogP contribution in [-0.4, -0.2) is 37.3 Å². The highest BCUT2D eigenvalue weighted by Gasteiger charge is 2.35. The molecule has 1 aromatic carbocycles. The van der Waals surface area contributed by atoms with Gasteiger partial charge in [-0.2, -0.15) is 18.3 Å². The van der Waals surface area contributed by atoms with Crippen LogP contribution < -0.4 is 5.32 Å². The summed E-state index contributed by atoms with van der Waals surface area (Å²) in [6.07, 6.45) is -3.64. The maximum Gasteiger partial charge on any atom is 0.414 e. The molecular weight excluding hydrogens is 355 g/mol. The summed E-state index contributed by atoms with van der Waals surface area (Å²) in [7, 11) is 3.23. The number of rotatable bonds is 7. The van der Waals surface area contributed by atoms with Crippen molar-refractivity contribution >= 4 is 23.4 Å². The van der Waals surface area contributed by atoms with E-state index < -0.39 is 11.7 Å². The number of hydrogen-bond acceptors (Lipinski definition) is 4. The van der Waals surface area contributed by atoms with E-state index in [0.717, 1.165) is 30.2 Å². The number of nitrogens with one attached hydrogen (secondary N) is 1. The van der Waals surface area contributed by atoms with Crippen LogP contribution >= 0.6 is 0 Å². The highest BCUT2D eigenvalue weighted by atomic mass is 19.4. The van der Waals surface area contributed by atoms with Gasteiger partial charge in [-0.3, -0.25) is 5.01 Å². The van der Waals surface area contributed by atoms with Crippen LogP contribution in [-0.2, 0) is 11.2 Å². The largest absolute Gasteiger partial charge is 0.414 e. The second kappa shape index (κ2) is 9.06. The fourth-order valence-electron chi connectivity index (χ4n) is 2.79. The number of hydrogen-bond donors (Lipinski definition) is 1. The summed E-state index contributed by atoms with van der Waals surface area (Å²) in [6, 6.07) is 3.30. The third kappa shape index (κ3) is 5.58. The van der Waals surface area contributed by atoms with E-state index in [0.29, 0.717) is 11.1 Å². The molecule has 27 heavy (non-hydrogen) atoms. The fraction of sp³-hybridized carbons (Fsp3) is 0.500. The number of alkyl halides is 3. The van der Waals surface area contributed by atoms with Crippen molar-refractivity contribution < 1.29 is 18.0 Å². The van der Waals surface area contributed by atoms with Crippen molar-refractivity contribution in [2.24, 2.45) is 11.0 Å². The lowest BCUT2D eigenvalue weighted by Gasteiger charge is -2.25. The van der Waals surface area contributed by atoms with Gasteiger partial charge in [-0.1, -0.05) is 13.8 Å². The summed E-state index contributed by atoms with van der Waals surface area (Å²) >= 11 is 0. The fourth-order valence-corrected chi connectivity index (χ4v) is 2.79. The van der Waals surface area contributed by atoms with Gasteiger partial charge in [0.25, 0.3) is 0 Å². The summed E-state index contributed by atoms with van der Waals surface area (Å²) in [4.78, 5) is 11.0. The van der Waals surface area contributed by atoms with Gasteiger partial charge in [0, 0.05) is 37.5 Å². The summed E-state index contributed by atoms with van der Waals surface area (Å²) < 4.78 is 40.6. The summed E-state index contributed by atoms with van der Waals surface area (Å²) in [5, 5.41) is 8.63. The minimum absolute atomic E-state index is 0.0274. The third-order valence-corrected chi connectivity index (χ3v) is 4.49. The monoisotopic (exact) mass is 383 g/mol. The maximum absolute atomic E-state index is 13.5. The number of anilines is 1. The molecule has 0 unspecified atom stereocenters. The van der Waals surface area contributed by atoms with Gasteiger partial charge < -0.3 is 10.1 Å². The first-order valence-electron chi connectivity index (χ1n) is 8.76. The van der Waals surface area contributed by atoms with Crippen LogP contribution in [0.25, 0.3) is 5.70 Å². The van der Waals surface area contributed by atoms with E-state index in [2.05, 4.69) is 10.4 Å². The van der Waals surface area contributed by atoms with Gasteiger partial charge in [-0.25, -0.2) is 0 Å². The minimum atomic E-state index is -4.49. The standard InChI is InChI=1S/C20H28F3N3O/c1-12(2)15(5)25-26(7)19(14(4)20(21,22)23)17-10-13(3)18(24-6)16(11-17)8-9-27/h9-12,24H,8H2,1-7H3/b19-14+,25-15+. The van der Waals surface area contributed by atoms with Crippen LogP contribution in [0.4, 0.5) is 18.9 Å². The van der Waals surface area contributed by atoms with E-state index in [9.17, 15) is 18.0 Å². The molecule has 0 aliphatic heterocycles. The number of benzene rings is 1. The van der Waals surface area contributed by atoms with Crippen LogP contribution in [0.15, 0.2) is 22.8 Å². The number of carbonyl (C=O) groups is 1. The van der Waals surface area contributed by atoms with Crippen LogP contribution in [0.5, 0.6) is 0 Å². The first-order chi connectivity index (χ1) is 12.4. The molecule has 0 spiro atoms. The van der Waals surface area contributed by atoms with E-state index in [1.807, 2.05) is 13.8 Å². The Bertz CT molecular complexity index is 750. The molecule has 0 aromatic heterocycles. The van der Waals surface area contributed by atoms with E-state index in [-0.39, 0.29) is 18.0 Å². The Kier molecular flexibility index (Phi) is 7.63. The van der Waals surface area contributed by atoms with Gasteiger partial charge in [0.15, 0.2) is 0 Å². The van der Waals surface area contributed by atoms with Crippen molar-refractivity contribution in [3.63, 3.8) is 0 Å². The van der Waals surface area contributed by atoms with Crippen LogP contribution in [0.1, 0.15) is 44.4 Å². The van der Waals surface area contributed by atoms with Crippen molar-refractivity contribution in [2.75, 3.05) is 19.4 Å². The molecule has 0 atom stereocenters. The third-order valence-electron chi connectivity index (χ3n) is 4.49.